The number of hydrogen-bond donors (Lipinski definition) is 5. The standard InChI is InChI=1S/C22H22N4O2.C21H20N4O2.C20H18N4O2/c1-25(2)19-7-3-5-16-17(19)8-9-20(16)26-14-4-6-18(22(26)28)21(27)24-15-10-12-23-13-11-15;1-22-18-6-2-4-16-15(18)7-8-19(16)25-13-3-5-17(21(25)27)20(26)24-14-9-11-23-12-10-14;21-17-5-1-3-15-14(17)6-7-18(15)24-12-2-4-16(20(24)26)19(25)23-13-8-10-22-11-9-13/h3-7,10-14,20H,8-9H2,1-2H3,(H,23,24,27);2-6,9-13,19,22H,7-8H2,1H3,(H,23,24,26);1-5,8-12,18H,6-7,21H2,(H,22,23,25). The predicted molar refractivity (Wildman–Crippen MR) is 316 cm³/mol. The molecule has 408 valence electrons. The zero-order valence-corrected chi connectivity index (χ0v) is 45.0. The number of aromatic nitrogens is 6. The van der Waals surface area contributed by atoms with Gasteiger partial charge in [-0.05, 0) is 163 Å². The van der Waals surface area contributed by atoms with Gasteiger partial charge in [0.05, 0.1) is 18.1 Å². The van der Waals surface area contributed by atoms with Gasteiger partial charge in [0, 0.05) is 111 Å². The lowest BCUT2D eigenvalue weighted by Gasteiger charge is -2.19. The largest absolute Gasteiger partial charge is 0.398 e. The van der Waals surface area contributed by atoms with Gasteiger partial charge in [-0.2, -0.15) is 0 Å². The minimum absolute atomic E-state index is 0.0592. The molecule has 3 unspecified atom stereocenters. The van der Waals surface area contributed by atoms with E-state index in [1.54, 1.807) is 142 Å². The molecule has 3 amide bonds. The van der Waals surface area contributed by atoms with Gasteiger partial charge in [0.25, 0.3) is 34.4 Å². The van der Waals surface area contributed by atoms with E-state index < -0.39 is 17.7 Å². The van der Waals surface area contributed by atoms with Crippen LogP contribution in [0.3, 0.4) is 0 Å². The van der Waals surface area contributed by atoms with Crippen molar-refractivity contribution in [2.24, 2.45) is 0 Å². The number of amides is 3. The average molecular weight is 1080 g/mol. The van der Waals surface area contributed by atoms with E-state index in [2.05, 4.69) is 59.3 Å². The van der Waals surface area contributed by atoms with Crippen molar-refractivity contribution in [2.75, 3.05) is 53.0 Å². The number of nitrogens with one attached hydrogen (secondary N) is 4. The summed E-state index contributed by atoms with van der Waals surface area (Å²) in [6, 6.07) is 37.9. The Morgan fingerprint density at radius 2 is 0.827 bits per heavy atom. The molecule has 6 aromatic heterocycles. The molecule has 3 aliphatic carbocycles. The zero-order chi connectivity index (χ0) is 56.6. The lowest BCUT2D eigenvalue weighted by atomic mass is 10.1. The van der Waals surface area contributed by atoms with Crippen molar-refractivity contribution in [1.82, 2.24) is 28.7 Å². The first-order valence-corrected chi connectivity index (χ1v) is 26.6. The number of carbonyl (C=O) groups excluding carboxylic acids is 3. The van der Waals surface area contributed by atoms with Gasteiger partial charge in [-0.15, -0.1) is 0 Å². The molecule has 3 atom stereocenters. The maximum atomic E-state index is 13.1. The molecule has 3 aliphatic rings. The van der Waals surface area contributed by atoms with Crippen molar-refractivity contribution in [3.63, 3.8) is 0 Å². The molecule has 6 heterocycles. The number of rotatable bonds is 11. The molecule has 3 aromatic carbocycles. The van der Waals surface area contributed by atoms with Crippen LogP contribution in [-0.2, 0) is 19.3 Å². The summed E-state index contributed by atoms with van der Waals surface area (Å²) >= 11 is 0. The first kappa shape index (κ1) is 54.1. The van der Waals surface area contributed by atoms with Crippen LogP contribution < -0.4 is 48.6 Å². The van der Waals surface area contributed by atoms with Crippen LogP contribution in [0, 0.1) is 0 Å². The third-order valence-electron chi connectivity index (χ3n) is 15.0. The second-order valence-electron chi connectivity index (χ2n) is 19.9. The van der Waals surface area contributed by atoms with E-state index in [9.17, 15) is 28.8 Å². The van der Waals surface area contributed by atoms with Gasteiger partial charge in [-0.3, -0.25) is 43.7 Å². The first-order chi connectivity index (χ1) is 39.4. The van der Waals surface area contributed by atoms with Crippen molar-refractivity contribution >= 4 is 51.8 Å². The fourth-order valence-electron chi connectivity index (χ4n) is 11.1. The van der Waals surface area contributed by atoms with E-state index >= 15 is 0 Å². The molecule has 0 saturated heterocycles. The van der Waals surface area contributed by atoms with Crippen LogP contribution in [0.25, 0.3) is 0 Å². The molecular weight excluding hydrogens is 1020 g/mol. The Morgan fingerprint density at radius 3 is 1.23 bits per heavy atom. The van der Waals surface area contributed by atoms with Gasteiger partial charge in [0.2, 0.25) is 0 Å². The fourth-order valence-corrected chi connectivity index (χ4v) is 11.1. The summed E-state index contributed by atoms with van der Waals surface area (Å²) in [7, 11) is 5.96. The number of pyridine rings is 6. The minimum Gasteiger partial charge on any atom is -0.398 e. The van der Waals surface area contributed by atoms with Crippen molar-refractivity contribution in [3.8, 4) is 0 Å². The van der Waals surface area contributed by atoms with Crippen LogP contribution >= 0.6 is 0 Å². The van der Waals surface area contributed by atoms with Gasteiger partial charge in [-0.25, -0.2) is 0 Å². The highest BCUT2D eigenvalue weighted by Crippen LogP contribution is 2.40. The van der Waals surface area contributed by atoms with E-state index in [0.717, 1.165) is 72.2 Å². The van der Waals surface area contributed by atoms with Crippen molar-refractivity contribution < 1.29 is 14.4 Å². The zero-order valence-electron chi connectivity index (χ0n) is 45.0. The molecule has 0 radical (unpaired) electrons. The summed E-state index contributed by atoms with van der Waals surface area (Å²) in [4.78, 5) is 90.7. The van der Waals surface area contributed by atoms with E-state index in [1.807, 2.05) is 57.5 Å². The molecule has 0 bridgehead atoms. The maximum absolute atomic E-state index is 13.1. The summed E-state index contributed by atoms with van der Waals surface area (Å²) in [5.74, 6) is -1.25. The Labute approximate surface area is 467 Å². The third-order valence-corrected chi connectivity index (χ3v) is 15.0. The Hall–Kier alpha value is -10.2. The van der Waals surface area contributed by atoms with Crippen LogP contribution in [-0.4, -0.2) is 67.5 Å². The van der Waals surface area contributed by atoms with Crippen LogP contribution in [0.5, 0.6) is 0 Å². The van der Waals surface area contributed by atoms with E-state index in [-0.39, 0.29) is 51.5 Å². The summed E-state index contributed by atoms with van der Waals surface area (Å²) in [5, 5.41) is 11.5. The predicted octanol–water partition coefficient (Wildman–Crippen LogP) is 8.78. The number of anilines is 6. The topological polar surface area (TPSA) is 233 Å². The Balaban J connectivity index is 0.000000136. The molecule has 0 spiro atoms. The fraction of sp³-hybridized carbons (Fsp3) is 0.190. The molecular formula is C63H60N12O6. The normalized spacial score (nSPS) is 15.3. The van der Waals surface area contributed by atoms with Crippen LogP contribution in [0.1, 0.15) is 102 Å². The molecule has 0 saturated carbocycles. The van der Waals surface area contributed by atoms with Crippen molar-refractivity contribution in [2.45, 2.75) is 56.7 Å². The van der Waals surface area contributed by atoms with E-state index in [4.69, 9.17) is 5.73 Å². The Bertz CT molecular complexity index is 3960. The number of carbonyl (C=O) groups is 3. The van der Waals surface area contributed by atoms with Crippen LogP contribution in [0.4, 0.5) is 34.1 Å². The quantitative estimate of drug-likeness (QED) is 0.0765. The Morgan fingerprint density at radius 1 is 0.469 bits per heavy atom. The first-order valence-electron chi connectivity index (χ1n) is 26.6. The lowest BCUT2D eigenvalue weighted by Crippen LogP contribution is -2.31. The highest BCUT2D eigenvalue weighted by atomic mass is 16.2. The number of benzene rings is 3. The van der Waals surface area contributed by atoms with Crippen molar-refractivity contribution in [3.05, 3.63) is 264 Å². The van der Waals surface area contributed by atoms with Gasteiger partial charge < -0.3 is 45.6 Å². The van der Waals surface area contributed by atoms with Gasteiger partial charge in [0.15, 0.2) is 0 Å². The number of nitrogens with zero attached hydrogens (tertiary/aromatic N) is 7. The second-order valence-corrected chi connectivity index (χ2v) is 19.9. The number of fused-ring (bicyclic) bond motifs is 3. The van der Waals surface area contributed by atoms with Crippen LogP contribution in [0.2, 0.25) is 0 Å². The van der Waals surface area contributed by atoms with Crippen LogP contribution in [0.15, 0.2) is 198 Å². The summed E-state index contributed by atoms with van der Waals surface area (Å²) in [5.41, 5.74) is 17.4. The highest BCUT2D eigenvalue weighted by molar-refractivity contribution is 6.05. The molecule has 18 heteroatoms. The highest BCUT2D eigenvalue weighted by Gasteiger charge is 2.31. The van der Waals surface area contributed by atoms with E-state index in [0.29, 0.717) is 17.1 Å². The summed E-state index contributed by atoms with van der Waals surface area (Å²) in [6.07, 6.45) is 19.9. The molecule has 18 nitrogen and oxygen atoms in total. The molecule has 6 N–H and O–H groups in total. The molecule has 9 aromatic rings. The lowest BCUT2D eigenvalue weighted by molar-refractivity contribution is 0.101. The minimum atomic E-state index is -0.429. The molecule has 81 heavy (non-hydrogen) atoms. The number of nitrogen functional groups attached to an aromatic ring is 1. The molecule has 0 aliphatic heterocycles. The van der Waals surface area contributed by atoms with E-state index in [1.165, 1.54) is 16.8 Å². The SMILES string of the molecule is CN(C)c1cccc2c1CCC2n1cccc(C(=O)Nc2ccncc2)c1=O.CNc1cccc2c1CCC2n1cccc(C(=O)Nc2ccncc2)c1=O.Nc1cccc2c1CCC2n1cccc(C(=O)Nc2ccncc2)c1=O. The monoisotopic (exact) mass is 1080 g/mol. The van der Waals surface area contributed by atoms with Gasteiger partial charge >= 0.3 is 0 Å². The second kappa shape index (κ2) is 24.2. The molecule has 0 fully saturated rings. The smallest absolute Gasteiger partial charge is 0.263 e. The maximum Gasteiger partial charge on any atom is 0.263 e. The number of hydrogen-bond acceptors (Lipinski definition) is 12. The van der Waals surface area contributed by atoms with Crippen molar-refractivity contribution in [1.29, 1.82) is 0 Å². The average Bonchev–Trinajstić information content (AvgIpc) is 4.31. The summed E-state index contributed by atoms with van der Waals surface area (Å²) < 4.78 is 4.99. The third kappa shape index (κ3) is 11.5. The van der Waals surface area contributed by atoms with Gasteiger partial charge in [-0.1, -0.05) is 36.4 Å². The Kier molecular flexibility index (Phi) is 16.2. The molecule has 12 rings (SSSR count). The summed E-state index contributed by atoms with van der Waals surface area (Å²) in [6.45, 7) is 0. The van der Waals surface area contributed by atoms with Gasteiger partial charge in [0.1, 0.15) is 16.7 Å². The number of nitrogens with two attached hydrogens (primary N) is 1.